The van der Waals surface area contributed by atoms with Crippen LogP contribution in [0.3, 0.4) is 0 Å². The van der Waals surface area contributed by atoms with Gasteiger partial charge in [-0.15, -0.1) is 0 Å². The highest BCUT2D eigenvalue weighted by Gasteiger charge is 2.06. The first kappa shape index (κ1) is 9.40. The van der Waals surface area contributed by atoms with Gasteiger partial charge in [-0.2, -0.15) is 0 Å². The maximum absolute atomic E-state index is 13.5. The summed E-state index contributed by atoms with van der Waals surface area (Å²) in [6.07, 6.45) is 0. The Bertz CT molecular complexity index is 562. The van der Waals surface area contributed by atoms with E-state index >= 15 is 0 Å². The van der Waals surface area contributed by atoms with Gasteiger partial charge in [0, 0.05) is 23.0 Å². The molecular weight excluding hydrogens is 249 g/mol. The van der Waals surface area contributed by atoms with E-state index in [9.17, 15) is 9.18 Å². The lowest BCUT2D eigenvalue weighted by molar-refractivity contribution is 0.628. The zero-order valence-electron chi connectivity index (χ0n) is 7.42. The molecule has 2 rings (SSSR count). The zero-order chi connectivity index (χ0) is 10.3. The first-order valence-corrected chi connectivity index (χ1v) is 4.83. The van der Waals surface area contributed by atoms with Gasteiger partial charge in [0.2, 0.25) is 0 Å². The van der Waals surface area contributed by atoms with Gasteiger partial charge < -0.3 is 4.57 Å². The van der Waals surface area contributed by atoms with Crippen LogP contribution < -0.4 is 5.56 Å². The first-order valence-electron chi connectivity index (χ1n) is 4.04. The fraction of sp³-hybridized carbons (Fsp3) is 0.100. The van der Waals surface area contributed by atoms with Crippen molar-refractivity contribution in [3.8, 4) is 0 Å². The van der Waals surface area contributed by atoms with Crippen LogP contribution >= 0.6 is 15.9 Å². The minimum Gasteiger partial charge on any atom is -0.309 e. The third kappa shape index (κ3) is 1.35. The third-order valence-electron chi connectivity index (χ3n) is 2.13. The predicted molar refractivity (Wildman–Crippen MR) is 56.8 cm³/mol. The quantitative estimate of drug-likeness (QED) is 0.709. The molecule has 0 saturated heterocycles. The van der Waals surface area contributed by atoms with E-state index in [0.717, 1.165) is 0 Å². The molecule has 0 spiro atoms. The largest absolute Gasteiger partial charge is 0.309 e. The van der Waals surface area contributed by atoms with E-state index in [4.69, 9.17) is 0 Å². The van der Waals surface area contributed by atoms with Gasteiger partial charge in [0.15, 0.2) is 0 Å². The SMILES string of the molecule is Cn1c(=O)ccc2cc(Br)cc(F)c21. The van der Waals surface area contributed by atoms with E-state index in [1.165, 1.54) is 16.7 Å². The number of fused-ring (bicyclic) bond motifs is 1. The standard InChI is InChI=1S/C10H7BrFNO/c1-13-9(14)3-2-6-4-7(11)5-8(12)10(6)13/h2-5H,1H3. The van der Waals surface area contributed by atoms with Crippen molar-refractivity contribution in [1.82, 2.24) is 4.57 Å². The molecule has 2 nitrogen and oxygen atoms in total. The average Bonchev–Trinajstić information content (AvgIpc) is 2.10. The molecule has 0 bridgehead atoms. The molecule has 0 aliphatic rings. The van der Waals surface area contributed by atoms with Gasteiger partial charge >= 0.3 is 0 Å². The average molecular weight is 256 g/mol. The van der Waals surface area contributed by atoms with Crippen molar-refractivity contribution < 1.29 is 4.39 Å². The highest BCUT2D eigenvalue weighted by molar-refractivity contribution is 9.10. The number of halogens is 2. The second-order valence-corrected chi connectivity index (χ2v) is 3.97. The molecule has 14 heavy (non-hydrogen) atoms. The van der Waals surface area contributed by atoms with Crippen LogP contribution in [0.2, 0.25) is 0 Å². The molecule has 0 fully saturated rings. The van der Waals surface area contributed by atoms with Gasteiger partial charge in [-0.3, -0.25) is 4.79 Å². The Morgan fingerprint density at radius 1 is 1.36 bits per heavy atom. The van der Waals surface area contributed by atoms with Crippen molar-refractivity contribution in [3.05, 3.63) is 44.9 Å². The Balaban J connectivity index is 3.03. The van der Waals surface area contributed by atoms with Gasteiger partial charge in [-0.25, -0.2) is 4.39 Å². The smallest absolute Gasteiger partial charge is 0.250 e. The maximum atomic E-state index is 13.5. The van der Waals surface area contributed by atoms with Crippen molar-refractivity contribution in [1.29, 1.82) is 0 Å². The lowest BCUT2D eigenvalue weighted by Crippen LogP contribution is -2.15. The fourth-order valence-electron chi connectivity index (χ4n) is 1.45. The molecule has 0 atom stereocenters. The van der Waals surface area contributed by atoms with Crippen LogP contribution in [0.15, 0.2) is 33.5 Å². The minimum atomic E-state index is -0.394. The lowest BCUT2D eigenvalue weighted by atomic mass is 10.2. The molecule has 0 radical (unpaired) electrons. The van der Waals surface area contributed by atoms with E-state index in [-0.39, 0.29) is 5.56 Å². The van der Waals surface area contributed by atoms with E-state index in [0.29, 0.717) is 15.4 Å². The molecule has 0 aliphatic heterocycles. The summed E-state index contributed by atoms with van der Waals surface area (Å²) in [5, 5.41) is 0.707. The molecule has 2 aromatic rings. The molecule has 1 aromatic carbocycles. The van der Waals surface area contributed by atoms with Crippen molar-refractivity contribution >= 4 is 26.8 Å². The second kappa shape index (κ2) is 3.20. The number of aromatic nitrogens is 1. The van der Waals surface area contributed by atoms with Gasteiger partial charge in [0.1, 0.15) is 5.82 Å². The predicted octanol–water partition coefficient (Wildman–Crippen LogP) is 2.44. The number of rotatable bonds is 0. The Kier molecular flexibility index (Phi) is 2.15. The van der Waals surface area contributed by atoms with Crippen LogP contribution in [0, 0.1) is 5.82 Å². The summed E-state index contributed by atoms with van der Waals surface area (Å²) in [5.74, 6) is -0.394. The molecule has 0 amide bonds. The Hall–Kier alpha value is -1.16. The number of pyridine rings is 1. The summed E-state index contributed by atoms with van der Waals surface area (Å²) in [6.45, 7) is 0. The van der Waals surface area contributed by atoms with Gasteiger partial charge in [-0.1, -0.05) is 15.9 Å². The van der Waals surface area contributed by atoms with Crippen LogP contribution in [-0.4, -0.2) is 4.57 Å². The zero-order valence-corrected chi connectivity index (χ0v) is 9.01. The molecule has 1 aromatic heterocycles. The molecule has 4 heteroatoms. The van der Waals surface area contributed by atoms with E-state index in [1.807, 2.05) is 0 Å². The van der Waals surface area contributed by atoms with Crippen LogP contribution in [0.4, 0.5) is 4.39 Å². The summed E-state index contributed by atoms with van der Waals surface area (Å²) in [4.78, 5) is 11.3. The Morgan fingerprint density at radius 3 is 2.79 bits per heavy atom. The molecule has 0 unspecified atom stereocenters. The van der Waals surface area contributed by atoms with Gasteiger partial charge in [0.25, 0.3) is 5.56 Å². The van der Waals surface area contributed by atoms with Crippen LogP contribution in [0.5, 0.6) is 0 Å². The van der Waals surface area contributed by atoms with Gasteiger partial charge in [0.05, 0.1) is 5.52 Å². The van der Waals surface area contributed by atoms with E-state index < -0.39 is 5.82 Å². The topological polar surface area (TPSA) is 22.0 Å². The summed E-state index contributed by atoms with van der Waals surface area (Å²) < 4.78 is 15.5. The summed E-state index contributed by atoms with van der Waals surface area (Å²) in [7, 11) is 1.56. The summed E-state index contributed by atoms with van der Waals surface area (Å²) in [6, 6.07) is 6.17. The number of hydrogen-bond acceptors (Lipinski definition) is 1. The monoisotopic (exact) mass is 255 g/mol. The Morgan fingerprint density at radius 2 is 2.07 bits per heavy atom. The molecular formula is C10H7BrFNO. The number of aryl methyl sites for hydroxylation is 1. The van der Waals surface area contributed by atoms with Crippen molar-refractivity contribution in [2.45, 2.75) is 0 Å². The molecule has 0 saturated carbocycles. The maximum Gasteiger partial charge on any atom is 0.250 e. The highest BCUT2D eigenvalue weighted by atomic mass is 79.9. The second-order valence-electron chi connectivity index (χ2n) is 3.06. The van der Waals surface area contributed by atoms with Crippen LogP contribution in [0.25, 0.3) is 10.9 Å². The van der Waals surface area contributed by atoms with Crippen LogP contribution in [0.1, 0.15) is 0 Å². The normalized spacial score (nSPS) is 10.8. The Labute approximate surface area is 88.1 Å². The van der Waals surface area contributed by atoms with E-state index in [2.05, 4.69) is 15.9 Å². The number of nitrogens with zero attached hydrogens (tertiary/aromatic N) is 1. The molecule has 0 aliphatic carbocycles. The summed E-state index contributed by atoms with van der Waals surface area (Å²) >= 11 is 3.20. The third-order valence-corrected chi connectivity index (χ3v) is 2.59. The van der Waals surface area contributed by atoms with Crippen molar-refractivity contribution in [3.63, 3.8) is 0 Å². The summed E-state index contributed by atoms with van der Waals surface area (Å²) in [5.41, 5.74) is 0.124. The first-order chi connectivity index (χ1) is 6.59. The minimum absolute atomic E-state index is 0.210. The van der Waals surface area contributed by atoms with Crippen molar-refractivity contribution in [2.75, 3.05) is 0 Å². The van der Waals surface area contributed by atoms with Gasteiger partial charge in [-0.05, 0) is 18.2 Å². The highest BCUT2D eigenvalue weighted by Crippen LogP contribution is 2.21. The number of hydrogen-bond donors (Lipinski definition) is 0. The van der Waals surface area contributed by atoms with E-state index in [1.54, 1.807) is 19.2 Å². The molecule has 72 valence electrons. The molecule has 1 heterocycles. The number of benzene rings is 1. The molecule has 0 N–H and O–H groups in total. The lowest BCUT2D eigenvalue weighted by Gasteiger charge is -2.05. The van der Waals surface area contributed by atoms with Crippen molar-refractivity contribution in [2.24, 2.45) is 7.05 Å². The van der Waals surface area contributed by atoms with Crippen LogP contribution in [-0.2, 0) is 7.05 Å². The fourth-order valence-corrected chi connectivity index (χ4v) is 1.90.